The summed E-state index contributed by atoms with van der Waals surface area (Å²) in [6, 6.07) is 8.62. The zero-order valence-corrected chi connectivity index (χ0v) is 14.2. The average molecular weight is 353 g/mol. The second-order valence-electron chi connectivity index (χ2n) is 7.19. The van der Waals surface area contributed by atoms with Gasteiger partial charge in [0.2, 0.25) is 11.7 Å². The Labute approximate surface area is 150 Å². The number of ether oxygens (including phenoxy) is 1. The average Bonchev–Trinajstić information content (AvgIpc) is 3.12. The molecule has 2 bridgehead atoms. The number of anilines is 1. The van der Waals surface area contributed by atoms with E-state index in [0.29, 0.717) is 31.2 Å². The molecule has 2 fully saturated rings. The van der Waals surface area contributed by atoms with Gasteiger partial charge in [-0.25, -0.2) is 0 Å². The third-order valence-corrected chi connectivity index (χ3v) is 5.31. The highest BCUT2D eigenvalue weighted by molar-refractivity contribution is 6.03. The van der Waals surface area contributed by atoms with Crippen LogP contribution in [0.1, 0.15) is 29.8 Å². The van der Waals surface area contributed by atoms with Crippen LogP contribution in [0, 0.1) is 5.92 Å². The standard InChI is InChI=1S/C19H19N3O4/c23-18-15-9-13(11-22(15)19(24)17-7-8-20-26-17)25-16-4-2-1-3-14(16)21(18)10-12-5-6-12/h1-4,7-8,12-13,15H,5-6,9-11H2. The summed E-state index contributed by atoms with van der Waals surface area (Å²) in [7, 11) is 0. The monoisotopic (exact) mass is 353 g/mol. The molecule has 2 atom stereocenters. The molecule has 1 saturated heterocycles. The summed E-state index contributed by atoms with van der Waals surface area (Å²) >= 11 is 0. The second kappa shape index (κ2) is 5.86. The fourth-order valence-corrected chi connectivity index (χ4v) is 3.81. The number of aromatic nitrogens is 1. The van der Waals surface area contributed by atoms with E-state index in [1.165, 1.54) is 12.3 Å². The summed E-state index contributed by atoms with van der Waals surface area (Å²) in [5.41, 5.74) is 0.799. The van der Waals surface area contributed by atoms with Gasteiger partial charge in [-0.05, 0) is 30.9 Å². The molecule has 2 aromatic rings. The van der Waals surface area contributed by atoms with Crippen molar-refractivity contribution >= 4 is 17.5 Å². The van der Waals surface area contributed by atoms with Crippen molar-refractivity contribution in [2.45, 2.75) is 31.4 Å². The molecule has 2 aliphatic heterocycles. The van der Waals surface area contributed by atoms with Crippen molar-refractivity contribution in [2.24, 2.45) is 5.92 Å². The van der Waals surface area contributed by atoms with Crippen LogP contribution in [0.2, 0.25) is 0 Å². The highest BCUT2D eigenvalue weighted by atomic mass is 16.5. The lowest BCUT2D eigenvalue weighted by Crippen LogP contribution is -2.48. The number of hydrogen-bond acceptors (Lipinski definition) is 5. The first kappa shape index (κ1) is 15.4. The number of carbonyl (C=O) groups is 2. The van der Waals surface area contributed by atoms with Crippen LogP contribution in [0.5, 0.6) is 5.75 Å². The predicted octanol–water partition coefficient (Wildman–Crippen LogP) is 2.09. The smallest absolute Gasteiger partial charge is 0.293 e. The van der Waals surface area contributed by atoms with E-state index in [4.69, 9.17) is 9.26 Å². The maximum absolute atomic E-state index is 13.4. The van der Waals surface area contributed by atoms with E-state index in [0.717, 1.165) is 18.5 Å². The van der Waals surface area contributed by atoms with E-state index in [1.54, 1.807) is 9.80 Å². The topological polar surface area (TPSA) is 75.9 Å². The summed E-state index contributed by atoms with van der Waals surface area (Å²) < 4.78 is 11.2. The van der Waals surface area contributed by atoms with Gasteiger partial charge in [0.05, 0.1) is 18.4 Å². The minimum absolute atomic E-state index is 0.0389. The van der Waals surface area contributed by atoms with E-state index in [1.807, 2.05) is 24.3 Å². The SMILES string of the molecule is O=C1C2CC(CN2C(=O)c2ccno2)Oc2ccccc2N1CC1CC1. The van der Waals surface area contributed by atoms with Crippen LogP contribution in [0.25, 0.3) is 0 Å². The molecule has 1 saturated carbocycles. The van der Waals surface area contributed by atoms with Crippen LogP contribution in [0.15, 0.2) is 41.1 Å². The summed E-state index contributed by atoms with van der Waals surface area (Å²) in [5.74, 6) is 1.03. The van der Waals surface area contributed by atoms with Crippen molar-refractivity contribution in [3.63, 3.8) is 0 Å². The van der Waals surface area contributed by atoms with Crippen LogP contribution >= 0.6 is 0 Å². The number of benzene rings is 1. The molecule has 7 heteroatoms. The first-order chi connectivity index (χ1) is 12.7. The molecule has 26 heavy (non-hydrogen) atoms. The van der Waals surface area contributed by atoms with Gasteiger partial charge in [0.25, 0.3) is 5.91 Å². The number of para-hydroxylation sites is 2. The summed E-state index contributed by atoms with van der Waals surface area (Å²) in [6.45, 7) is 1.03. The summed E-state index contributed by atoms with van der Waals surface area (Å²) in [6.07, 6.45) is 4.00. The number of amides is 2. The minimum atomic E-state index is -0.537. The number of nitrogens with zero attached hydrogens (tertiary/aromatic N) is 3. The molecule has 3 aliphatic rings. The molecule has 1 aromatic carbocycles. The molecule has 0 radical (unpaired) electrons. The van der Waals surface area contributed by atoms with Crippen LogP contribution in [-0.4, -0.2) is 47.1 Å². The van der Waals surface area contributed by atoms with Gasteiger partial charge in [0.15, 0.2) is 0 Å². The highest BCUT2D eigenvalue weighted by Gasteiger charge is 2.46. The van der Waals surface area contributed by atoms with E-state index in [-0.39, 0.29) is 23.7 Å². The van der Waals surface area contributed by atoms with Crippen molar-refractivity contribution in [3.8, 4) is 5.75 Å². The molecule has 3 heterocycles. The van der Waals surface area contributed by atoms with Gasteiger partial charge in [-0.3, -0.25) is 9.59 Å². The molecular weight excluding hydrogens is 334 g/mol. The van der Waals surface area contributed by atoms with Crippen LogP contribution in [0.4, 0.5) is 5.69 Å². The zero-order chi connectivity index (χ0) is 17.7. The number of hydrogen-bond donors (Lipinski definition) is 0. The summed E-state index contributed by atoms with van der Waals surface area (Å²) in [4.78, 5) is 29.6. The molecule has 0 N–H and O–H groups in total. The largest absolute Gasteiger partial charge is 0.486 e. The normalized spacial score (nSPS) is 24.7. The third-order valence-electron chi connectivity index (χ3n) is 5.31. The molecule has 2 unspecified atom stereocenters. The zero-order valence-electron chi connectivity index (χ0n) is 14.2. The second-order valence-corrected chi connectivity index (χ2v) is 7.19. The molecule has 7 nitrogen and oxygen atoms in total. The van der Waals surface area contributed by atoms with Gasteiger partial charge in [-0.1, -0.05) is 17.3 Å². The lowest BCUT2D eigenvalue weighted by Gasteiger charge is -2.31. The van der Waals surface area contributed by atoms with Gasteiger partial charge < -0.3 is 19.1 Å². The van der Waals surface area contributed by atoms with Crippen molar-refractivity contribution in [2.75, 3.05) is 18.0 Å². The Morgan fingerprint density at radius 2 is 2.08 bits per heavy atom. The van der Waals surface area contributed by atoms with Crippen LogP contribution < -0.4 is 9.64 Å². The van der Waals surface area contributed by atoms with Crippen molar-refractivity contribution < 1.29 is 18.8 Å². The fourth-order valence-electron chi connectivity index (χ4n) is 3.81. The number of rotatable bonds is 3. The van der Waals surface area contributed by atoms with Crippen molar-refractivity contribution in [1.82, 2.24) is 10.1 Å². The maximum Gasteiger partial charge on any atom is 0.293 e. The van der Waals surface area contributed by atoms with E-state index >= 15 is 0 Å². The maximum atomic E-state index is 13.4. The Morgan fingerprint density at radius 3 is 2.85 bits per heavy atom. The van der Waals surface area contributed by atoms with Crippen molar-refractivity contribution in [3.05, 3.63) is 42.3 Å². The van der Waals surface area contributed by atoms with Gasteiger partial charge in [-0.2, -0.15) is 0 Å². The molecule has 1 aromatic heterocycles. The Balaban J connectivity index is 1.52. The van der Waals surface area contributed by atoms with E-state index < -0.39 is 6.04 Å². The van der Waals surface area contributed by atoms with Crippen LogP contribution in [0.3, 0.4) is 0 Å². The van der Waals surface area contributed by atoms with Gasteiger partial charge in [-0.15, -0.1) is 0 Å². The molecule has 5 rings (SSSR count). The highest BCUT2D eigenvalue weighted by Crippen LogP contribution is 2.39. The van der Waals surface area contributed by atoms with Crippen molar-refractivity contribution in [1.29, 1.82) is 0 Å². The first-order valence-electron chi connectivity index (χ1n) is 8.99. The van der Waals surface area contributed by atoms with E-state index in [2.05, 4.69) is 5.16 Å². The van der Waals surface area contributed by atoms with Crippen LogP contribution in [-0.2, 0) is 4.79 Å². The molecule has 134 valence electrons. The number of likely N-dealkylation sites (tertiary alicyclic amines) is 1. The number of fused-ring (bicyclic) bond motifs is 3. The third kappa shape index (κ3) is 2.55. The first-order valence-corrected chi connectivity index (χ1v) is 8.99. The lowest BCUT2D eigenvalue weighted by molar-refractivity contribution is -0.122. The molecule has 2 amide bonds. The Morgan fingerprint density at radius 1 is 1.23 bits per heavy atom. The Kier molecular flexibility index (Phi) is 3.48. The molecular formula is C19H19N3O4. The molecule has 1 aliphatic carbocycles. The quantitative estimate of drug-likeness (QED) is 0.845. The van der Waals surface area contributed by atoms with Gasteiger partial charge >= 0.3 is 0 Å². The van der Waals surface area contributed by atoms with Gasteiger partial charge in [0.1, 0.15) is 17.9 Å². The number of carbonyl (C=O) groups excluding carboxylic acids is 2. The minimum Gasteiger partial charge on any atom is -0.486 e. The predicted molar refractivity (Wildman–Crippen MR) is 91.9 cm³/mol. The van der Waals surface area contributed by atoms with Gasteiger partial charge in [0, 0.05) is 19.0 Å². The fraction of sp³-hybridized carbons (Fsp3) is 0.421. The Bertz CT molecular complexity index is 846. The molecule has 0 spiro atoms. The van der Waals surface area contributed by atoms with E-state index in [9.17, 15) is 9.59 Å². The summed E-state index contributed by atoms with van der Waals surface area (Å²) in [5, 5.41) is 3.60. The lowest BCUT2D eigenvalue weighted by atomic mass is 10.1. The Hall–Kier alpha value is -2.83.